The Morgan fingerprint density at radius 1 is 1.04 bits per heavy atom. The van der Waals surface area contributed by atoms with E-state index in [9.17, 15) is 0 Å². The number of rotatable bonds is 9. The van der Waals surface area contributed by atoms with Crippen LogP contribution in [-0.2, 0) is 0 Å². The molecule has 0 spiro atoms. The van der Waals surface area contributed by atoms with Gasteiger partial charge in [0.2, 0.25) is 0 Å². The molecule has 1 unspecified atom stereocenters. The Balaban J connectivity index is 0.00000264. The van der Waals surface area contributed by atoms with Crippen molar-refractivity contribution in [3.8, 4) is 0 Å². The maximum atomic E-state index is 5.76. The van der Waals surface area contributed by atoms with Crippen LogP contribution >= 0.6 is 24.0 Å². The van der Waals surface area contributed by atoms with Crippen LogP contribution in [0.3, 0.4) is 0 Å². The van der Waals surface area contributed by atoms with Gasteiger partial charge in [0.25, 0.3) is 0 Å². The van der Waals surface area contributed by atoms with Gasteiger partial charge in [-0.15, -0.1) is 24.0 Å². The zero-order valence-corrected chi connectivity index (χ0v) is 17.2. The first-order chi connectivity index (χ1) is 10.6. The van der Waals surface area contributed by atoms with E-state index in [1.165, 1.54) is 70.3 Å². The molecule has 2 N–H and O–H groups in total. The van der Waals surface area contributed by atoms with Crippen LogP contribution < -0.4 is 10.6 Å². The van der Waals surface area contributed by atoms with E-state index in [-0.39, 0.29) is 24.0 Å². The second kappa shape index (κ2) is 11.1. The molecule has 23 heavy (non-hydrogen) atoms. The number of halogens is 1. The lowest BCUT2D eigenvalue weighted by Gasteiger charge is -2.19. The average molecular weight is 431 g/mol. The Bertz CT molecular complexity index is 419. The van der Waals surface area contributed by atoms with Crippen molar-refractivity contribution in [2.75, 3.05) is 44.4 Å². The van der Waals surface area contributed by atoms with Crippen LogP contribution in [0.25, 0.3) is 0 Å². The van der Waals surface area contributed by atoms with Crippen molar-refractivity contribution in [1.82, 2.24) is 4.90 Å². The summed E-state index contributed by atoms with van der Waals surface area (Å²) >= 11 is 0. The van der Waals surface area contributed by atoms with Crippen molar-refractivity contribution >= 4 is 35.4 Å². The number of hydrogen-bond acceptors (Lipinski definition) is 3. The Kier molecular flexibility index (Phi) is 9.95. The second-order valence-corrected chi connectivity index (χ2v) is 7.05. The normalized spacial score (nSPS) is 17.5. The Morgan fingerprint density at radius 2 is 1.70 bits per heavy atom. The second-order valence-electron chi connectivity index (χ2n) is 7.05. The molecule has 1 atom stereocenters. The molecule has 0 amide bonds. The van der Waals surface area contributed by atoms with E-state index in [4.69, 9.17) is 5.73 Å². The highest BCUT2D eigenvalue weighted by atomic mass is 127. The maximum absolute atomic E-state index is 5.76. The maximum Gasteiger partial charge on any atom is 0.0367 e. The summed E-state index contributed by atoms with van der Waals surface area (Å²) in [5, 5.41) is 0. The molecule has 0 radical (unpaired) electrons. The molecular formula is C19H34IN3. The number of benzene rings is 1. The standard InChI is InChI=1S/C19H33N3.HI/c1-21(2)14-7-5-3-4-6-8-17-13-15-22(16-17)19-11-9-18(20)10-12-19;/h9-12,17H,3-8,13-16,20H2,1-2H3;1H. The van der Waals surface area contributed by atoms with Crippen molar-refractivity contribution in [1.29, 1.82) is 0 Å². The fourth-order valence-corrected chi connectivity index (χ4v) is 3.38. The van der Waals surface area contributed by atoms with Crippen molar-refractivity contribution < 1.29 is 0 Å². The molecule has 1 aliphatic heterocycles. The summed E-state index contributed by atoms with van der Waals surface area (Å²) in [7, 11) is 4.32. The van der Waals surface area contributed by atoms with E-state index in [1.807, 2.05) is 12.1 Å². The van der Waals surface area contributed by atoms with Crippen LogP contribution in [0.15, 0.2) is 24.3 Å². The third-order valence-corrected chi connectivity index (χ3v) is 4.76. The molecule has 3 nitrogen and oxygen atoms in total. The highest BCUT2D eigenvalue weighted by Crippen LogP contribution is 2.27. The lowest BCUT2D eigenvalue weighted by Crippen LogP contribution is -2.19. The summed E-state index contributed by atoms with van der Waals surface area (Å²) < 4.78 is 0. The van der Waals surface area contributed by atoms with Gasteiger partial charge in [-0.1, -0.05) is 25.7 Å². The topological polar surface area (TPSA) is 32.5 Å². The lowest BCUT2D eigenvalue weighted by molar-refractivity contribution is 0.387. The molecule has 132 valence electrons. The SMILES string of the molecule is CN(C)CCCCCCCC1CCN(c2ccc(N)cc2)C1.I. The molecule has 0 aromatic heterocycles. The zero-order valence-electron chi connectivity index (χ0n) is 14.8. The monoisotopic (exact) mass is 431 g/mol. The Morgan fingerprint density at radius 3 is 2.39 bits per heavy atom. The van der Waals surface area contributed by atoms with Gasteiger partial charge in [0.1, 0.15) is 0 Å². The van der Waals surface area contributed by atoms with Crippen LogP contribution in [0.5, 0.6) is 0 Å². The highest BCUT2D eigenvalue weighted by molar-refractivity contribution is 14.0. The van der Waals surface area contributed by atoms with E-state index < -0.39 is 0 Å². The van der Waals surface area contributed by atoms with Gasteiger partial charge in [-0.2, -0.15) is 0 Å². The molecule has 4 heteroatoms. The molecule has 1 aromatic rings. The molecule has 0 bridgehead atoms. The van der Waals surface area contributed by atoms with Gasteiger partial charge in [-0.25, -0.2) is 0 Å². The largest absolute Gasteiger partial charge is 0.399 e. The van der Waals surface area contributed by atoms with Crippen LogP contribution in [0.1, 0.15) is 44.9 Å². The first-order valence-corrected chi connectivity index (χ1v) is 8.90. The predicted molar refractivity (Wildman–Crippen MR) is 113 cm³/mol. The quantitative estimate of drug-likeness (QED) is 0.352. The Labute approximate surface area is 159 Å². The van der Waals surface area contributed by atoms with E-state index in [0.717, 1.165) is 11.6 Å². The molecular weight excluding hydrogens is 397 g/mol. The minimum absolute atomic E-state index is 0. The lowest BCUT2D eigenvalue weighted by atomic mass is 10.00. The summed E-state index contributed by atoms with van der Waals surface area (Å²) in [5.74, 6) is 0.888. The van der Waals surface area contributed by atoms with Crippen molar-refractivity contribution in [3.63, 3.8) is 0 Å². The number of hydrogen-bond donors (Lipinski definition) is 1. The predicted octanol–water partition coefficient (Wildman–Crippen LogP) is 4.62. The summed E-state index contributed by atoms with van der Waals surface area (Å²) in [6.07, 6.45) is 9.71. The summed E-state index contributed by atoms with van der Waals surface area (Å²) in [6.45, 7) is 3.67. The minimum Gasteiger partial charge on any atom is -0.399 e. The van der Waals surface area contributed by atoms with Crippen molar-refractivity contribution in [2.24, 2.45) is 5.92 Å². The third kappa shape index (κ3) is 7.75. The van der Waals surface area contributed by atoms with Crippen molar-refractivity contribution in [2.45, 2.75) is 44.9 Å². The van der Waals surface area contributed by atoms with E-state index >= 15 is 0 Å². The fraction of sp³-hybridized carbons (Fsp3) is 0.684. The third-order valence-electron chi connectivity index (χ3n) is 4.76. The van der Waals surface area contributed by atoms with E-state index in [2.05, 4.69) is 36.0 Å². The van der Waals surface area contributed by atoms with Crippen molar-refractivity contribution in [3.05, 3.63) is 24.3 Å². The van der Waals surface area contributed by atoms with Gasteiger partial charge in [-0.3, -0.25) is 0 Å². The van der Waals surface area contributed by atoms with Crippen LogP contribution in [0, 0.1) is 5.92 Å². The Hall–Kier alpha value is -0.490. The number of nitrogens with two attached hydrogens (primary N) is 1. The van der Waals surface area contributed by atoms with Crippen LogP contribution in [0.2, 0.25) is 0 Å². The van der Waals surface area contributed by atoms with Gasteiger partial charge in [0.05, 0.1) is 0 Å². The van der Waals surface area contributed by atoms with Crippen LogP contribution in [-0.4, -0.2) is 38.6 Å². The van der Waals surface area contributed by atoms with Crippen LogP contribution in [0.4, 0.5) is 11.4 Å². The smallest absolute Gasteiger partial charge is 0.0367 e. The van der Waals surface area contributed by atoms with Gasteiger partial charge in [0.15, 0.2) is 0 Å². The average Bonchev–Trinajstić information content (AvgIpc) is 2.95. The minimum atomic E-state index is 0. The number of nitrogen functional groups attached to an aromatic ring is 1. The summed E-state index contributed by atoms with van der Waals surface area (Å²) in [5.41, 5.74) is 7.95. The molecule has 1 saturated heterocycles. The van der Waals surface area contributed by atoms with Gasteiger partial charge >= 0.3 is 0 Å². The van der Waals surface area contributed by atoms with Gasteiger partial charge in [-0.05, 0) is 70.1 Å². The summed E-state index contributed by atoms with van der Waals surface area (Å²) in [4.78, 5) is 4.80. The number of nitrogens with zero attached hydrogens (tertiary/aromatic N) is 2. The molecule has 1 aliphatic rings. The highest BCUT2D eigenvalue weighted by Gasteiger charge is 2.21. The molecule has 2 rings (SSSR count). The summed E-state index contributed by atoms with van der Waals surface area (Å²) in [6, 6.07) is 8.33. The van der Waals surface area contributed by atoms with E-state index in [1.54, 1.807) is 0 Å². The molecule has 0 saturated carbocycles. The molecule has 1 fully saturated rings. The van der Waals surface area contributed by atoms with Gasteiger partial charge < -0.3 is 15.5 Å². The molecule has 1 aromatic carbocycles. The number of anilines is 2. The fourth-order valence-electron chi connectivity index (χ4n) is 3.38. The van der Waals surface area contributed by atoms with E-state index in [0.29, 0.717) is 0 Å². The zero-order chi connectivity index (χ0) is 15.8. The number of unbranched alkanes of at least 4 members (excludes halogenated alkanes) is 4. The van der Waals surface area contributed by atoms with Gasteiger partial charge in [0, 0.05) is 24.5 Å². The molecule has 1 heterocycles. The first kappa shape index (κ1) is 20.6. The first-order valence-electron chi connectivity index (χ1n) is 8.90. The molecule has 0 aliphatic carbocycles.